The SMILES string of the molecule is NCC(=O)CCOCCOCCOCCOCCOCCOCCNC(=O)CCN1C(=O)C=CC1=O. The van der Waals surface area contributed by atoms with Gasteiger partial charge in [0.05, 0.1) is 85.8 Å². The molecule has 3 N–H and O–H groups in total. The molecule has 0 unspecified atom stereocenters. The largest absolute Gasteiger partial charge is 0.379 e. The molecule has 1 aliphatic heterocycles. The predicted octanol–water partition coefficient (Wildman–Crippen LogP) is -1.56. The van der Waals surface area contributed by atoms with Crippen LogP contribution in [0.3, 0.4) is 0 Å². The van der Waals surface area contributed by atoms with Gasteiger partial charge in [0.25, 0.3) is 11.8 Å². The minimum atomic E-state index is -0.398. The summed E-state index contributed by atoms with van der Waals surface area (Å²) in [4.78, 5) is 46.5. The maximum atomic E-state index is 11.7. The zero-order chi connectivity index (χ0) is 26.3. The molecule has 0 saturated heterocycles. The second kappa shape index (κ2) is 22.0. The molecule has 0 aromatic carbocycles. The Hall–Kier alpha value is -2.26. The van der Waals surface area contributed by atoms with E-state index in [-0.39, 0.29) is 31.2 Å². The quantitative estimate of drug-likeness (QED) is 0.106. The van der Waals surface area contributed by atoms with Crippen LogP contribution in [0.2, 0.25) is 0 Å². The Balaban J connectivity index is 1.72. The van der Waals surface area contributed by atoms with Crippen molar-refractivity contribution in [3.05, 3.63) is 12.2 Å². The van der Waals surface area contributed by atoms with Gasteiger partial charge in [0.1, 0.15) is 5.78 Å². The van der Waals surface area contributed by atoms with E-state index in [1.807, 2.05) is 0 Å². The van der Waals surface area contributed by atoms with Gasteiger partial charge in [0.2, 0.25) is 5.91 Å². The average Bonchev–Trinajstić information content (AvgIpc) is 3.20. The van der Waals surface area contributed by atoms with Crippen LogP contribution in [0.5, 0.6) is 0 Å². The van der Waals surface area contributed by atoms with E-state index in [9.17, 15) is 19.2 Å². The summed E-state index contributed by atoms with van der Waals surface area (Å²) in [5.74, 6) is -1.07. The van der Waals surface area contributed by atoms with Crippen molar-refractivity contribution in [2.75, 3.05) is 98.9 Å². The molecule has 3 amide bonds. The lowest BCUT2D eigenvalue weighted by atomic mass is 10.3. The topological polar surface area (TPSA) is 165 Å². The van der Waals surface area contributed by atoms with E-state index in [2.05, 4.69) is 5.32 Å². The fraction of sp³-hybridized carbons (Fsp3) is 0.739. The van der Waals surface area contributed by atoms with Crippen LogP contribution in [0.4, 0.5) is 0 Å². The van der Waals surface area contributed by atoms with Gasteiger partial charge in [0, 0.05) is 38.1 Å². The Bertz CT molecular complexity index is 657. The normalized spacial score (nSPS) is 13.1. The number of Topliss-reactive ketones (excluding diaryl/α,β-unsaturated/α-hetero) is 1. The summed E-state index contributed by atoms with van der Waals surface area (Å²) >= 11 is 0. The number of carbonyl (C=O) groups excluding carboxylic acids is 4. The van der Waals surface area contributed by atoms with Crippen LogP contribution >= 0.6 is 0 Å². The minimum Gasteiger partial charge on any atom is -0.379 e. The first-order valence-electron chi connectivity index (χ1n) is 12.0. The van der Waals surface area contributed by atoms with Crippen LogP contribution in [-0.4, -0.2) is 127 Å². The number of carbonyl (C=O) groups is 4. The smallest absolute Gasteiger partial charge is 0.253 e. The number of ketones is 1. The highest BCUT2D eigenvalue weighted by atomic mass is 16.6. The van der Waals surface area contributed by atoms with Crippen molar-refractivity contribution in [1.29, 1.82) is 0 Å². The number of rotatable bonds is 25. The molecule has 13 heteroatoms. The second-order valence-electron chi connectivity index (χ2n) is 7.43. The lowest BCUT2D eigenvalue weighted by Crippen LogP contribution is -2.35. The Morgan fingerprint density at radius 3 is 1.53 bits per heavy atom. The summed E-state index contributed by atoms with van der Waals surface area (Å²) in [7, 11) is 0. The number of ether oxygens (including phenoxy) is 6. The molecule has 0 aromatic rings. The molecule has 13 nitrogen and oxygen atoms in total. The van der Waals surface area contributed by atoms with E-state index in [4.69, 9.17) is 34.2 Å². The summed E-state index contributed by atoms with van der Waals surface area (Å²) in [6.07, 6.45) is 2.76. The van der Waals surface area contributed by atoms with Crippen molar-refractivity contribution in [2.24, 2.45) is 5.73 Å². The zero-order valence-corrected chi connectivity index (χ0v) is 20.8. The molecular weight excluding hydrogens is 478 g/mol. The number of hydrogen-bond donors (Lipinski definition) is 2. The van der Waals surface area contributed by atoms with Gasteiger partial charge >= 0.3 is 0 Å². The van der Waals surface area contributed by atoms with E-state index in [0.717, 1.165) is 4.90 Å². The number of amides is 3. The lowest BCUT2D eigenvalue weighted by molar-refractivity contribution is -0.137. The number of hydrogen-bond acceptors (Lipinski definition) is 11. The summed E-state index contributed by atoms with van der Waals surface area (Å²) in [6, 6.07) is 0. The third-order valence-corrected chi connectivity index (χ3v) is 4.64. The summed E-state index contributed by atoms with van der Waals surface area (Å²) in [5, 5.41) is 2.66. The Labute approximate surface area is 211 Å². The third kappa shape index (κ3) is 17.2. The summed E-state index contributed by atoms with van der Waals surface area (Å²) < 4.78 is 32.1. The van der Waals surface area contributed by atoms with Crippen molar-refractivity contribution in [3.8, 4) is 0 Å². The number of nitrogens with one attached hydrogen (secondary N) is 1. The maximum Gasteiger partial charge on any atom is 0.253 e. The number of nitrogens with zero attached hydrogens (tertiary/aromatic N) is 1. The zero-order valence-electron chi connectivity index (χ0n) is 20.8. The van der Waals surface area contributed by atoms with Gasteiger partial charge < -0.3 is 39.5 Å². The highest BCUT2D eigenvalue weighted by Gasteiger charge is 2.23. The number of nitrogens with two attached hydrogens (primary N) is 1. The highest BCUT2D eigenvalue weighted by Crippen LogP contribution is 2.03. The lowest BCUT2D eigenvalue weighted by Gasteiger charge is -2.13. The van der Waals surface area contributed by atoms with Crippen molar-refractivity contribution in [1.82, 2.24) is 10.2 Å². The molecule has 0 fully saturated rings. The van der Waals surface area contributed by atoms with Crippen LogP contribution in [0.25, 0.3) is 0 Å². The fourth-order valence-corrected chi connectivity index (χ4v) is 2.71. The Morgan fingerprint density at radius 1 is 0.667 bits per heavy atom. The van der Waals surface area contributed by atoms with E-state index >= 15 is 0 Å². The molecule has 0 aromatic heterocycles. The van der Waals surface area contributed by atoms with Crippen LogP contribution in [0, 0.1) is 0 Å². The van der Waals surface area contributed by atoms with Crippen molar-refractivity contribution in [3.63, 3.8) is 0 Å². The van der Waals surface area contributed by atoms with Gasteiger partial charge in [-0.05, 0) is 0 Å². The molecule has 0 saturated carbocycles. The first kappa shape index (κ1) is 31.8. The van der Waals surface area contributed by atoms with Crippen LogP contribution in [-0.2, 0) is 47.6 Å². The molecule has 0 radical (unpaired) electrons. The van der Waals surface area contributed by atoms with Gasteiger partial charge in [-0.15, -0.1) is 0 Å². The molecule has 1 aliphatic rings. The van der Waals surface area contributed by atoms with Crippen LogP contribution in [0.1, 0.15) is 12.8 Å². The van der Waals surface area contributed by atoms with Gasteiger partial charge in [-0.1, -0.05) is 0 Å². The average molecular weight is 518 g/mol. The highest BCUT2D eigenvalue weighted by molar-refractivity contribution is 6.13. The summed E-state index contributed by atoms with van der Waals surface area (Å²) in [5.41, 5.74) is 5.20. The molecule has 0 aliphatic carbocycles. The van der Waals surface area contributed by atoms with Gasteiger partial charge in [-0.25, -0.2) is 0 Å². The molecule has 0 atom stereocenters. The first-order valence-corrected chi connectivity index (χ1v) is 12.0. The van der Waals surface area contributed by atoms with Crippen molar-refractivity contribution >= 4 is 23.5 Å². The van der Waals surface area contributed by atoms with E-state index in [1.165, 1.54) is 12.2 Å². The minimum absolute atomic E-state index is 0.0209. The Kier molecular flexibility index (Phi) is 19.4. The van der Waals surface area contributed by atoms with Gasteiger partial charge in [-0.2, -0.15) is 0 Å². The van der Waals surface area contributed by atoms with E-state index in [0.29, 0.717) is 92.2 Å². The first-order chi connectivity index (χ1) is 17.5. The predicted molar refractivity (Wildman–Crippen MR) is 127 cm³/mol. The number of imide groups is 1. The molecule has 0 bridgehead atoms. The fourth-order valence-electron chi connectivity index (χ4n) is 2.71. The van der Waals surface area contributed by atoms with Gasteiger partial charge in [0.15, 0.2) is 0 Å². The summed E-state index contributed by atoms with van der Waals surface area (Å²) in [6.45, 7) is 5.48. The molecular formula is C23H39N3O10. The van der Waals surface area contributed by atoms with Crippen molar-refractivity contribution < 1.29 is 47.6 Å². The molecule has 0 spiro atoms. The van der Waals surface area contributed by atoms with Crippen LogP contribution in [0.15, 0.2) is 12.2 Å². The van der Waals surface area contributed by atoms with Crippen molar-refractivity contribution in [2.45, 2.75) is 12.8 Å². The maximum absolute atomic E-state index is 11.7. The van der Waals surface area contributed by atoms with Gasteiger partial charge in [-0.3, -0.25) is 24.1 Å². The second-order valence-corrected chi connectivity index (χ2v) is 7.43. The molecule has 206 valence electrons. The van der Waals surface area contributed by atoms with E-state index in [1.54, 1.807) is 0 Å². The Morgan fingerprint density at radius 2 is 1.08 bits per heavy atom. The standard InChI is InChI=1S/C23H39N3O10/c24-19-20(27)4-7-31-9-11-33-13-15-35-17-18-36-16-14-34-12-10-32-8-5-25-21(28)3-6-26-22(29)1-2-23(26)30/h1-2H,3-19,24H2,(H,25,28). The monoisotopic (exact) mass is 517 g/mol. The van der Waals surface area contributed by atoms with Crippen LogP contribution < -0.4 is 11.1 Å². The van der Waals surface area contributed by atoms with E-state index < -0.39 is 11.8 Å². The molecule has 36 heavy (non-hydrogen) atoms. The third-order valence-electron chi connectivity index (χ3n) is 4.64. The molecule has 1 rings (SSSR count). The molecule has 1 heterocycles.